The smallest absolute Gasteiger partial charge is 0.225 e. The van der Waals surface area contributed by atoms with E-state index in [9.17, 15) is 4.79 Å². The Labute approximate surface area is 145 Å². The van der Waals surface area contributed by atoms with Gasteiger partial charge in [0.2, 0.25) is 10.3 Å². The molecule has 1 saturated heterocycles. The summed E-state index contributed by atoms with van der Waals surface area (Å²) in [6.45, 7) is 13.0. The van der Waals surface area contributed by atoms with E-state index in [4.69, 9.17) is 17.0 Å². The molecule has 0 unspecified atom stereocenters. The van der Waals surface area contributed by atoms with Crippen LogP contribution in [0.15, 0.2) is 0 Å². The summed E-state index contributed by atoms with van der Waals surface area (Å²) in [6, 6.07) is 0. The minimum Gasteiger partial charge on any atom is -0.478 e. The molecule has 0 aromatic carbocycles. The van der Waals surface area contributed by atoms with Crippen molar-refractivity contribution in [1.82, 2.24) is 4.90 Å². The first-order valence-corrected chi connectivity index (χ1v) is 9.72. The average molecular weight is 346 g/mol. The van der Waals surface area contributed by atoms with Crippen molar-refractivity contribution in [1.29, 1.82) is 0 Å². The highest BCUT2D eigenvalue weighted by Crippen LogP contribution is 2.29. The van der Waals surface area contributed by atoms with E-state index in [1.54, 1.807) is 11.8 Å². The number of hydrogen-bond donors (Lipinski definition) is 0. The second-order valence-electron chi connectivity index (χ2n) is 7.45. The average Bonchev–Trinajstić information content (AvgIpc) is 2.70. The molecule has 128 valence electrons. The number of thioether (sulfide) groups is 1. The number of carbonyl (C=O) groups is 1. The Bertz CT molecular complexity index is 379. The van der Waals surface area contributed by atoms with E-state index in [1.807, 2.05) is 11.8 Å². The third kappa shape index (κ3) is 6.86. The standard InChI is InChI=1S/C17H31NO2S2/c1-6-7-8-9-18-10-14(13(2)15(18)19)11-22-16(21)20-12-17(3,4)5/h13-14H,6-12H2,1-5H3/t13-,14-/m1/s1. The van der Waals surface area contributed by atoms with Crippen LogP contribution in [0.5, 0.6) is 0 Å². The number of ether oxygens (including phenoxy) is 1. The van der Waals surface area contributed by atoms with Gasteiger partial charge in [0, 0.05) is 24.8 Å². The maximum absolute atomic E-state index is 12.3. The van der Waals surface area contributed by atoms with Gasteiger partial charge in [-0.1, -0.05) is 59.2 Å². The normalized spacial score (nSPS) is 22.2. The fourth-order valence-corrected chi connectivity index (χ4v) is 3.61. The number of hydrogen-bond acceptors (Lipinski definition) is 4. The molecule has 1 amide bonds. The molecular formula is C17H31NO2S2. The highest BCUT2D eigenvalue weighted by Gasteiger charge is 2.36. The number of unbranched alkanes of at least 4 members (excludes halogenated alkanes) is 2. The van der Waals surface area contributed by atoms with E-state index in [1.165, 1.54) is 12.8 Å². The van der Waals surface area contributed by atoms with Crippen molar-refractivity contribution >= 4 is 34.3 Å². The summed E-state index contributed by atoms with van der Waals surface area (Å²) in [5.41, 5.74) is 0.122. The molecule has 2 atom stereocenters. The molecule has 1 aliphatic rings. The minimum atomic E-state index is 0.111. The van der Waals surface area contributed by atoms with Crippen LogP contribution in [-0.4, -0.2) is 40.6 Å². The molecule has 5 heteroatoms. The van der Waals surface area contributed by atoms with Gasteiger partial charge in [-0.2, -0.15) is 0 Å². The predicted octanol–water partition coefficient (Wildman–Crippen LogP) is 4.35. The van der Waals surface area contributed by atoms with Crippen LogP contribution in [0.1, 0.15) is 53.9 Å². The van der Waals surface area contributed by atoms with Crippen molar-refractivity contribution in [2.75, 3.05) is 25.4 Å². The highest BCUT2D eigenvalue weighted by atomic mass is 32.2. The Morgan fingerprint density at radius 2 is 2.09 bits per heavy atom. The van der Waals surface area contributed by atoms with Gasteiger partial charge < -0.3 is 9.64 Å². The highest BCUT2D eigenvalue weighted by molar-refractivity contribution is 8.22. The van der Waals surface area contributed by atoms with Crippen LogP contribution in [0, 0.1) is 17.3 Å². The van der Waals surface area contributed by atoms with E-state index in [0.29, 0.717) is 22.8 Å². The first-order chi connectivity index (χ1) is 10.2. The molecule has 1 rings (SSSR count). The van der Waals surface area contributed by atoms with Gasteiger partial charge in [0.1, 0.15) is 0 Å². The summed E-state index contributed by atoms with van der Waals surface area (Å²) in [6.07, 6.45) is 3.50. The largest absolute Gasteiger partial charge is 0.478 e. The molecule has 0 saturated carbocycles. The Balaban J connectivity index is 2.33. The SMILES string of the molecule is CCCCCN1C[C@H](CSC(=S)OCC(C)(C)C)[C@@H](C)C1=O. The van der Waals surface area contributed by atoms with Crippen LogP contribution < -0.4 is 0 Å². The van der Waals surface area contributed by atoms with Crippen LogP contribution in [0.4, 0.5) is 0 Å². The van der Waals surface area contributed by atoms with Crippen molar-refractivity contribution < 1.29 is 9.53 Å². The third-order valence-electron chi connectivity index (χ3n) is 3.93. The number of rotatable bonds is 7. The summed E-state index contributed by atoms with van der Waals surface area (Å²) >= 11 is 6.86. The van der Waals surface area contributed by atoms with E-state index >= 15 is 0 Å². The van der Waals surface area contributed by atoms with E-state index in [-0.39, 0.29) is 11.3 Å². The molecule has 0 aromatic heterocycles. The zero-order chi connectivity index (χ0) is 16.8. The zero-order valence-electron chi connectivity index (χ0n) is 14.7. The summed E-state index contributed by atoms with van der Waals surface area (Å²) in [4.78, 5) is 14.3. The first kappa shape index (κ1) is 19.8. The maximum atomic E-state index is 12.3. The maximum Gasteiger partial charge on any atom is 0.225 e. The Hall–Kier alpha value is -0.290. The van der Waals surface area contributed by atoms with Crippen molar-refractivity contribution in [2.45, 2.75) is 53.9 Å². The van der Waals surface area contributed by atoms with Gasteiger partial charge >= 0.3 is 0 Å². The van der Waals surface area contributed by atoms with Crippen LogP contribution in [0.2, 0.25) is 0 Å². The van der Waals surface area contributed by atoms with E-state index in [2.05, 4.69) is 27.7 Å². The monoisotopic (exact) mass is 345 g/mol. The second kappa shape index (κ2) is 9.11. The Morgan fingerprint density at radius 3 is 2.68 bits per heavy atom. The molecule has 0 aromatic rings. The van der Waals surface area contributed by atoms with E-state index in [0.717, 1.165) is 25.3 Å². The van der Waals surface area contributed by atoms with Gasteiger partial charge in [-0.05, 0) is 30.0 Å². The predicted molar refractivity (Wildman–Crippen MR) is 99.2 cm³/mol. The van der Waals surface area contributed by atoms with Crippen LogP contribution in [-0.2, 0) is 9.53 Å². The van der Waals surface area contributed by atoms with Crippen molar-refractivity contribution in [3.05, 3.63) is 0 Å². The zero-order valence-corrected chi connectivity index (χ0v) is 16.3. The van der Waals surface area contributed by atoms with Gasteiger partial charge in [0.15, 0.2) is 0 Å². The Morgan fingerprint density at radius 1 is 1.41 bits per heavy atom. The molecule has 0 aliphatic carbocycles. The summed E-state index contributed by atoms with van der Waals surface area (Å²) in [5, 5.41) is 0. The van der Waals surface area contributed by atoms with Crippen molar-refractivity contribution in [3.8, 4) is 0 Å². The number of nitrogens with zero attached hydrogens (tertiary/aromatic N) is 1. The molecule has 0 bridgehead atoms. The molecular weight excluding hydrogens is 314 g/mol. The number of amides is 1. The molecule has 0 N–H and O–H groups in total. The fraction of sp³-hybridized carbons (Fsp3) is 0.882. The van der Waals surface area contributed by atoms with E-state index < -0.39 is 0 Å². The van der Waals surface area contributed by atoms with Crippen molar-refractivity contribution in [3.63, 3.8) is 0 Å². The molecule has 1 fully saturated rings. The quantitative estimate of drug-likeness (QED) is 0.507. The second-order valence-corrected chi connectivity index (χ2v) is 9.07. The third-order valence-corrected chi connectivity index (χ3v) is 5.35. The lowest BCUT2D eigenvalue weighted by atomic mass is 9.99. The van der Waals surface area contributed by atoms with Gasteiger partial charge in [-0.3, -0.25) is 4.79 Å². The van der Waals surface area contributed by atoms with Crippen molar-refractivity contribution in [2.24, 2.45) is 17.3 Å². The molecule has 1 aliphatic heterocycles. The van der Waals surface area contributed by atoms with Crippen LogP contribution in [0.25, 0.3) is 0 Å². The number of likely N-dealkylation sites (tertiary alicyclic amines) is 1. The molecule has 3 nitrogen and oxygen atoms in total. The molecule has 1 heterocycles. The first-order valence-electron chi connectivity index (χ1n) is 8.33. The lowest BCUT2D eigenvalue weighted by Crippen LogP contribution is -2.27. The Kier molecular flexibility index (Phi) is 8.19. The van der Waals surface area contributed by atoms with Crippen LogP contribution in [0.3, 0.4) is 0 Å². The van der Waals surface area contributed by atoms with Crippen LogP contribution >= 0.6 is 24.0 Å². The van der Waals surface area contributed by atoms with Gasteiger partial charge in [-0.15, -0.1) is 0 Å². The molecule has 0 radical (unpaired) electrons. The summed E-state index contributed by atoms with van der Waals surface area (Å²) in [5.74, 6) is 1.68. The lowest BCUT2D eigenvalue weighted by Gasteiger charge is -2.19. The topological polar surface area (TPSA) is 29.5 Å². The lowest BCUT2D eigenvalue weighted by molar-refractivity contribution is -0.130. The number of thiocarbonyl (C=S) groups is 1. The fourth-order valence-electron chi connectivity index (χ4n) is 2.46. The molecule has 0 spiro atoms. The molecule has 22 heavy (non-hydrogen) atoms. The summed E-state index contributed by atoms with van der Waals surface area (Å²) in [7, 11) is 0. The van der Waals surface area contributed by atoms with Gasteiger partial charge in [0.05, 0.1) is 6.61 Å². The van der Waals surface area contributed by atoms with Gasteiger partial charge in [0.25, 0.3) is 0 Å². The minimum absolute atomic E-state index is 0.111. The summed E-state index contributed by atoms with van der Waals surface area (Å²) < 4.78 is 6.24. The number of carbonyl (C=O) groups excluding carboxylic acids is 1. The van der Waals surface area contributed by atoms with Gasteiger partial charge in [-0.25, -0.2) is 0 Å².